The summed E-state index contributed by atoms with van der Waals surface area (Å²) in [5, 5.41) is 37.5. The highest BCUT2D eigenvalue weighted by Crippen LogP contribution is 2.41. The first-order valence-corrected chi connectivity index (χ1v) is 44.1. The fourth-order valence-corrected chi connectivity index (χ4v) is 12.7. The van der Waals surface area contributed by atoms with Gasteiger partial charge in [0.05, 0.1) is 95.3 Å². The van der Waals surface area contributed by atoms with Gasteiger partial charge in [0.2, 0.25) is 0 Å². The molecule has 0 radical (unpaired) electrons. The summed E-state index contributed by atoms with van der Waals surface area (Å²) in [7, 11) is -3.33. The van der Waals surface area contributed by atoms with E-state index in [9.17, 15) is 18.6 Å². The standard InChI is InChI=1S/C17H30N2O3Si.C12H18N2O5S.C12H26O2Si.C11H16N2O3.C6H15ClSi.C6H12O2/c1-17(2,3)23(5,6)22-14-9-7-13(8-10-14)21-16-18-11-15(20-4)12-19-16;1-17-11-7-13-12(14-8-11)18-9-3-5-10(6-4-9)19-20(2,15)16;1-12(2,3)15(4,5)14-11-8-6-10(13)7-9-11;1-15-10-6-12-11(13-7-10)16-9-4-2-8(14)3-5-9;1-6(2,3)8(4,5)7;7-5-1-2-6(8)4-3-5/h11-14H,7-10H2,1-6H3;7-10H,3-6H2,1-2H3;10-11,13H,6-9H2,1-5H3;6-9,14H,2-5H2,1H3;1-5H3;5-8H,1-4H2. The van der Waals surface area contributed by atoms with E-state index in [0.29, 0.717) is 70.4 Å². The third kappa shape index (κ3) is 31.7. The van der Waals surface area contributed by atoms with Crippen LogP contribution in [0, 0.1) is 0 Å². The van der Waals surface area contributed by atoms with Crippen LogP contribution in [0.25, 0.3) is 0 Å². The molecule has 0 unspecified atom stereocenters. The minimum absolute atomic E-state index is 0.0113. The molecular weight excluding hydrogens is 1240 g/mol. The number of aliphatic hydroxyl groups excluding tert-OH is 4. The highest BCUT2D eigenvalue weighted by molar-refractivity contribution is 7.86. The van der Waals surface area contributed by atoms with Gasteiger partial charge in [-0.25, -0.2) is 0 Å². The van der Waals surface area contributed by atoms with Crippen LogP contribution in [0.2, 0.25) is 54.4 Å². The second kappa shape index (κ2) is 37.7. The molecule has 518 valence electrons. The first kappa shape index (κ1) is 80.9. The topological polar surface area (TPSA) is 275 Å². The van der Waals surface area contributed by atoms with Crippen LogP contribution in [-0.2, 0) is 23.2 Å². The molecular formula is C64H117ClN6O15SSi3. The van der Waals surface area contributed by atoms with E-state index in [2.05, 4.69) is 131 Å². The predicted octanol–water partition coefficient (Wildman–Crippen LogP) is 13.3. The lowest BCUT2D eigenvalue weighted by Gasteiger charge is -2.41. The minimum Gasteiger partial charge on any atom is -0.494 e. The van der Waals surface area contributed by atoms with Gasteiger partial charge in [-0.15, -0.1) is 0 Å². The van der Waals surface area contributed by atoms with Crippen LogP contribution in [-0.4, -0.2) is 171 Å². The summed E-state index contributed by atoms with van der Waals surface area (Å²) in [6.45, 7) is 33.9. The van der Waals surface area contributed by atoms with Gasteiger partial charge in [0.15, 0.2) is 41.3 Å². The van der Waals surface area contributed by atoms with Crippen molar-refractivity contribution in [2.24, 2.45) is 0 Å². The van der Waals surface area contributed by atoms with Crippen molar-refractivity contribution in [3.63, 3.8) is 0 Å². The van der Waals surface area contributed by atoms with Gasteiger partial charge in [-0.1, -0.05) is 75.4 Å². The van der Waals surface area contributed by atoms with Gasteiger partial charge in [-0.2, -0.15) is 49.4 Å². The Morgan fingerprint density at radius 2 is 0.589 bits per heavy atom. The number of nitrogens with zero attached hydrogens (tertiary/aromatic N) is 6. The van der Waals surface area contributed by atoms with Crippen LogP contribution in [0.3, 0.4) is 0 Å². The number of aromatic nitrogens is 6. The third-order valence-corrected chi connectivity index (χ3v) is 33.1. The molecule has 0 bridgehead atoms. The van der Waals surface area contributed by atoms with E-state index in [1.54, 1.807) is 58.5 Å². The molecule has 5 aliphatic carbocycles. The zero-order valence-corrected chi connectivity index (χ0v) is 62.7. The largest absolute Gasteiger partial charge is 0.494 e. The molecule has 3 aromatic rings. The summed E-state index contributed by atoms with van der Waals surface area (Å²) in [5.74, 6) is 1.83. The molecule has 5 fully saturated rings. The number of rotatable bonds is 15. The van der Waals surface area contributed by atoms with Gasteiger partial charge < -0.3 is 57.7 Å². The van der Waals surface area contributed by atoms with Crippen molar-refractivity contribution in [1.82, 2.24) is 29.9 Å². The van der Waals surface area contributed by atoms with Crippen molar-refractivity contribution in [3.8, 4) is 35.3 Å². The zero-order chi connectivity index (χ0) is 67.7. The Morgan fingerprint density at radius 3 is 0.800 bits per heavy atom. The van der Waals surface area contributed by atoms with Crippen LogP contribution in [0.5, 0.6) is 35.3 Å². The summed E-state index contributed by atoms with van der Waals surface area (Å²) in [6.07, 6.45) is 28.0. The van der Waals surface area contributed by atoms with E-state index >= 15 is 0 Å². The van der Waals surface area contributed by atoms with E-state index < -0.39 is 34.1 Å². The molecule has 0 aromatic carbocycles. The monoisotopic (exact) mass is 1360 g/mol. The van der Waals surface area contributed by atoms with E-state index in [4.69, 9.17) is 62.7 Å². The molecule has 0 amide bonds. The Bertz CT molecular complexity index is 2500. The SMILES string of the molecule is CC(C)(C)[Si](C)(C)Cl.CC(C)(C)[Si](C)(C)OC1CCC(O)CC1.COc1cnc(OC2CCC(O)CC2)nc1.COc1cnc(OC2CCC(OS(C)(=O)=O)CC2)nc1.COc1cnc(OC2CCC(O[Si](C)(C)C(C)(C)C)CC2)nc1.OC1CCC(O)CC1. The Labute approximate surface area is 548 Å². The number of hydrogen-bond donors (Lipinski definition) is 4. The van der Waals surface area contributed by atoms with Crippen LogP contribution in [0.1, 0.15) is 191 Å². The highest BCUT2D eigenvalue weighted by Gasteiger charge is 2.41. The lowest BCUT2D eigenvalue weighted by atomic mass is 9.95. The number of methoxy groups -OCH3 is 3. The molecule has 0 aliphatic heterocycles. The average Bonchev–Trinajstić information content (AvgIpc) is 3.25. The minimum atomic E-state index is -3.39. The Balaban J connectivity index is 0.000000292. The molecule has 3 heterocycles. The summed E-state index contributed by atoms with van der Waals surface area (Å²) >= 11 is 6.15. The number of halogens is 1. The summed E-state index contributed by atoms with van der Waals surface area (Å²) < 4.78 is 72.0. The maximum Gasteiger partial charge on any atom is 0.316 e. The first-order valence-electron chi connectivity index (χ1n) is 32.4. The fraction of sp³-hybridized carbons (Fsp3) is 0.812. The molecule has 5 saturated carbocycles. The smallest absolute Gasteiger partial charge is 0.316 e. The van der Waals surface area contributed by atoms with E-state index in [1.807, 2.05) is 0 Å². The van der Waals surface area contributed by atoms with E-state index in [0.717, 1.165) is 122 Å². The van der Waals surface area contributed by atoms with Crippen molar-refractivity contribution in [2.75, 3.05) is 27.6 Å². The molecule has 21 nitrogen and oxygen atoms in total. The molecule has 90 heavy (non-hydrogen) atoms. The van der Waals surface area contributed by atoms with E-state index in [-0.39, 0.29) is 53.9 Å². The molecule has 3 aromatic heterocycles. The van der Waals surface area contributed by atoms with Crippen molar-refractivity contribution in [2.45, 2.75) is 306 Å². The van der Waals surface area contributed by atoms with Gasteiger partial charge in [-0.3, -0.25) is 4.18 Å². The van der Waals surface area contributed by atoms with E-state index in [1.165, 1.54) is 0 Å². The van der Waals surface area contributed by atoms with Gasteiger partial charge in [0, 0.05) is 12.2 Å². The summed E-state index contributed by atoms with van der Waals surface area (Å²) in [4.78, 5) is 24.5. The van der Waals surface area contributed by atoms with Crippen LogP contribution >= 0.6 is 11.1 Å². The normalized spacial score (nSPS) is 25.1. The Morgan fingerprint density at radius 1 is 0.389 bits per heavy atom. The molecule has 0 saturated heterocycles. The lowest BCUT2D eigenvalue weighted by molar-refractivity contribution is 0.0541. The van der Waals surface area contributed by atoms with Crippen molar-refractivity contribution in [1.29, 1.82) is 0 Å². The van der Waals surface area contributed by atoms with Crippen molar-refractivity contribution >= 4 is 45.2 Å². The van der Waals surface area contributed by atoms with Crippen molar-refractivity contribution < 1.29 is 70.3 Å². The lowest BCUT2D eigenvalue weighted by Crippen LogP contribution is -2.45. The molecule has 5 aliphatic rings. The Kier molecular flexibility index (Phi) is 33.9. The number of aliphatic hydroxyl groups is 4. The molecule has 0 atom stereocenters. The number of hydrogen-bond acceptors (Lipinski definition) is 21. The predicted molar refractivity (Wildman–Crippen MR) is 362 cm³/mol. The maximum absolute atomic E-state index is 11.0. The quantitative estimate of drug-likeness (QED) is 0.0625. The molecule has 0 spiro atoms. The third-order valence-electron chi connectivity index (χ3n) is 18.2. The van der Waals surface area contributed by atoms with Gasteiger partial charge in [-0.05, 0) is 170 Å². The second-order valence-electron chi connectivity index (χ2n) is 29.0. The van der Waals surface area contributed by atoms with Gasteiger partial charge in [0.25, 0.3) is 10.1 Å². The number of ether oxygens (including phenoxy) is 6. The summed E-state index contributed by atoms with van der Waals surface area (Å²) in [5.41, 5.74) is 0. The van der Waals surface area contributed by atoms with Crippen molar-refractivity contribution in [3.05, 3.63) is 37.2 Å². The molecule has 8 rings (SSSR count). The van der Waals surface area contributed by atoms with Crippen LogP contribution in [0.15, 0.2) is 37.2 Å². The molecule has 26 heteroatoms. The van der Waals surface area contributed by atoms with Crippen LogP contribution < -0.4 is 28.4 Å². The summed E-state index contributed by atoms with van der Waals surface area (Å²) in [6, 6.07) is 1.11. The zero-order valence-electron chi connectivity index (χ0n) is 58.1. The molecule has 4 N–H and O–H groups in total. The van der Waals surface area contributed by atoms with Gasteiger partial charge >= 0.3 is 18.0 Å². The van der Waals surface area contributed by atoms with Crippen LogP contribution in [0.4, 0.5) is 0 Å². The second-order valence-corrected chi connectivity index (χ2v) is 47.4. The van der Waals surface area contributed by atoms with Gasteiger partial charge in [0.1, 0.15) is 18.3 Å². The first-order chi connectivity index (χ1) is 41.7. The Hall–Kier alpha value is -3.35. The highest BCUT2D eigenvalue weighted by atomic mass is 35.6. The average molecular weight is 1360 g/mol. The fourth-order valence-electron chi connectivity index (χ4n) is 9.19. The maximum atomic E-state index is 11.0.